The third kappa shape index (κ3) is 3.12. The molecule has 0 radical (unpaired) electrons. The molecule has 0 atom stereocenters. The van der Waals surface area contributed by atoms with Gasteiger partial charge in [0.1, 0.15) is 0 Å². The second-order valence-corrected chi connectivity index (χ2v) is 6.23. The highest BCUT2D eigenvalue weighted by Crippen LogP contribution is 2.28. The molecule has 116 valence electrons. The van der Waals surface area contributed by atoms with Crippen molar-refractivity contribution in [2.24, 2.45) is 0 Å². The standard InChI is InChI=1S/C18H24N4/c1-13(2)17-16(22-9-7-19-8-10-22)12-20-18(21-17)15-6-4-5-14(3)11-15/h4-6,11-13,19H,7-10H2,1-3H3. The van der Waals surface area contributed by atoms with Gasteiger partial charge in [-0.2, -0.15) is 0 Å². The fraction of sp³-hybridized carbons (Fsp3) is 0.444. The van der Waals surface area contributed by atoms with Crippen molar-refractivity contribution >= 4 is 5.69 Å². The number of anilines is 1. The summed E-state index contributed by atoms with van der Waals surface area (Å²) in [6.45, 7) is 10.6. The lowest BCUT2D eigenvalue weighted by Gasteiger charge is -2.31. The third-order valence-electron chi connectivity index (χ3n) is 4.08. The summed E-state index contributed by atoms with van der Waals surface area (Å²) in [5.41, 5.74) is 4.66. The van der Waals surface area contributed by atoms with E-state index in [0.29, 0.717) is 5.92 Å². The number of aromatic nitrogens is 2. The molecule has 1 aliphatic rings. The van der Waals surface area contributed by atoms with Crippen LogP contribution in [0.2, 0.25) is 0 Å². The van der Waals surface area contributed by atoms with E-state index >= 15 is 0 Å². The van der Waals surface area contributed by atoms with Gasteiger partial charge in [0.05, 0.1) is 17.6 Å². The average Bonchev–Trinajstić information content (AvgIpc) is 2.55. The Kier molecular flexibility index (Phi) is 4.39. The van der Waals surface area contributed by atoms with Gasteiger partial charge in [0.25, 0.3) is 0 Å². The Morgan fingerprint density at radius 2 is 1.95 bits per heavy atom. The summed E-state index contributed by atoms with van der Waals surface area (Å²) >= 11 is 0. The number of hydrogen-bond acceptors (Lipinski definition) is 4. The summed E-state index contributed by atoms with van der Waals surface area (Å²) in [5, 5.41) is 3.39. The molecule has 2 heterocycles. The van der Waals surface area contributed by atoms with Crippen molar-refractivity contribution in [3.63, 3.8) is 0 Å². The Hall–Kier alpha value is -1.94. The highest BCUT2D eigenvalue weighted by atomic mass is 15.2. The van der Waals surface area contributed by atoms with Gasteiger partial charge in [-0.15, -0.1) is 0 Å². The maximum atomic E-state index is 4.89. The molecule has 0 amide bonds. The zero-order valence-corrected chi connectivity index (χ0v) is 13.6. The molecule has 0 aliphatic carbocycles. The van der Waals surface area contributed by atoms with E-state index < -0.39 is 0 Å². The Morgan fingerprint density at radius 1 is 1.18 bits per heavy atom. The molecule has 3 rings (SSSR count). The lowest BCUT2D eigenvalue weighted by atomic mass is 10.1. The topological polar surface area (TPSA) is 41.1 Å². The van der Waals surface area contributed by atoms with Crippen LogP contribution in [0.1, 0.15) is 31.0 Å². The molecule has 1 aromatic heterocycles. The fourth-order valence-electron chi connectivity index (χ4n) is 2.89. The number of benzene rings is 1. The van der Waals surface area contributed by atoms with E-state index in [-0.39, 0.29) is 0 Å². The van der Waals surface area contributed by atoms with Gasteiger partial charge in [-0.1, -0.05) is 37.6 Å². The van der Waals surface area contributed by atoms with Gasteiger partial charge < -0.3 is 10.2 Å². The first-order valence-electron chi connectivity index (χ1n) is 8.05. The Balaban J connectivity index is 1.99. The van der Waals surface area contributed by atoms with E-state index in [9.17, 15) is 0 Å². The normalized spacial score (nSPS) is 15.4. The first kappa shape index (κ1) is 15.0. The second-order valence-electron chi connectivity index (χ2n) is 6.23. The molecule has 1 aliphatic heterocycles. The van der Waals surface area contributed by atoms with Crippen molar-refractivity contribution in [2.75, 3.05) is 31.1 Å². The van der Waals surface area contributed by atoms with Gasteiger partial charge in [0.2, 0.25) is 0 Å². The van der Waals surface area contributed by atoms with E-state index in [4.69, 9.17) is 4.98 Å². The van der Waals surface area contributed by atoms with Gasteiger partial charge in [0.15, 0.2) is 5.82 Å². The van der Waals surface area contributed by atoms with Crippen LogP contribution in [0.15, 0.2) is 30.5 Å². The molecular formula is C18H24N4. The van der Waals surface area contributed by atoms with Crippen LogP contribution in [0.4, 0.5) is 5.69 Å². The molecule has 1 N–H and O–H groups in total. The number of hydrogen-bond donors (Lipinski definition) is 1. The average molecular weight is 296 g/mol. The van der Waals surface area contributed by atoms with Gasteiger partial charge >= 0.3 is 0 Å². The number of piperazine rings is 1. The zero-order valence-electron chi connectivity index (χ0n) is 13.6. The van der Waals surface area contributed by atoms with E-state index in [0.717, 1.165) is 43.3 Å². The molecule has 2 aromatic rings. The number of rotatable bonds is 3. The van der Waals surface area contributed by atoms with Gasteiger partial charge in [0, 0.05) is 31.7 Å². The predicted molar refractivity (Wildman–Crippen MR) is 91.4 cm³/mol. The van der Waals surface area contributed by atoms with Crippen molar-refractivity contribution in [3.05, 3.63) is 41.7 Å². The lowest BCUT2D eigenvalue weighted by molar-refractivity contribution is 0.584. The summed E-state index contributed by atoms with van der Waals surface area (Å²) in [7, 11) is 0. The van der Waals surface area contributed by atoms with Gasteiger partial charge in [-0.25, -0.2) is 9.97 Å². The summed E-state index contributed by atoms with van der Waals surface area (Å²) in [6, 6.07) is 8.39. The molecular weight excluding hydrogens is 272 g/mol. The number of nitrogens with one attached hydrogen (secondary N) is 1. The molecule has 1 saturated heterocycles. The Morgan fingerprint density at radius 3 is 2.64 bits per heavy atom. The maximum absolute atomic E-state index is 4.89. The highest BCUT2D eigenvalue weighted by molar-refractivity contribution is 5.60. The minimum atomic E-state index is 0.386. The van der Waals surface area contributed by atoms with Gasteiger partial charge in [-0.3, -0.25) is 0 Å². The van der Waals surface area contributed by atoms with E-state index in [2.05, 4.69) is 60.2 Å². The van der Waals surface area contributed by atoms with Crippen LogP contribution in [0, 0.1) is 6.92 Å². The van der Waals surface area contributed by atoms with E-state index in [1.807, 2.05) is 6.20 Å². The summed E-state index contributed by atoms with van der Waals surface area (Å²) in [5.74, 6) is 1.21. The highest BCUT2D eigenvalue weighted by Gasteiger charge is 2.18. The third-order valence-corrected chi connectivity index (χ3v) is 4.08. The first-order chi connectivity index (χ1) is 10.6. The lowest BCUT2D eigenvalue weighted by Crippen LogP contribution is -2.44. The Labute approximate surface area is 132 Å². The van der Waals surface area contributed by atoms with Crippen molar-refractivity contribution < 1.29 is 0 Å². The molecule has 4 nitrogen and oxygen atoms in total. The number of aryl methyl sites for hydroxylation is 1. The monoisotopic (exact) mass is 296 g/mol. The summed E-state index contributed by atoms with van der Waals surface area (Å²) < 4.78 is 0. The Bertz CT molecular complexity index is 645. The fourth-order valence-corrected chi connectivity index (χ4v) is 2.89. The van der Waals surface area contributed by atoms with E-state index in [1.54, 1.807) is 0 Å². The maximum Gasteiger partial charge on any atom is 0.159 e. The summed E-state index contributed by atoms with van der Waals surface area (Å²) in [6.07, 6.45) is 2.01. The quantitative estimate of drug-likeness (QED) is 0.945. The molecule has 0 saturated carbocycles. The van der Waals surface area contributed by atoms with Crippen LogP contribution in [0.5, 0.6) is 0 Å². The molecule has 0 unspecified atom stereocenters. The molecule has 4 heteroatoms. The van der Waals surface area contributed by atoms with Crippen molar-refractivity contribution in [1.82, 2.24) is 15.3 Å². The first-order valence-corrected chi connectivity index (χ1v) is 8.05. The second kappa shape index (κ2) is 6.44. The molecule has 0 bridgehead atoms. The van der Waals surface area contributed by atoms with Crippen LogP contribution in [-0.2, 0) is 0 Å². The van der Waals surface area contributed by atoms with Crippen LogP contribution >= 0.6 is 0 Å². The largest absolute Gasteiger partial charge is 0.366 e. The molecule has 1 aromatic carbocycles. The van der Waals surface area contributed by atoms with Crippen molar-refractivity contribution in [2.45, 2.75) is 26.7 Å². The van der Waals surface area contributed by atoms with Crippen molar-refractivity contribution in [1.29, 1.82) is 0 Å². The SMILES string of the molecule is Cc1cccc(-c2ncc(N3CCNCC3)c(C(C)C)n2)c1. The van der Waals surface area contributed by atoms with Gasteiger partial charge in [-0.05, 0) is 18.9 Å². The van der Waals surface area contributed by atoms with E-state index in [1.165, 1.54) is 11.3 Å². The minimum absolute atomic E-state index is 0.386. The number of nitrogens with zero attached hydrogens (tertiary/aromatic N) is 3. The van der Waals surface area contributed by atoms with Crippen LogP contribution in [0.3, 0.4) is 0 Å². The minimum Gasteiger partial charge on any atom is -0.366 e. The van der Waals surface area contributed by atoms with Crippen molar-refractivity contribution in [3.8, 4) is 11.4 Å². The zero-order chi connectivity index (χ0) is 15.5. The molecule has 1 fully saturated rings. The van der Waals surface area contributed by atoms with Crippen LogP contribution < -0.4 is 10.2 Å². The van der Waals surface area contributed by atoms with Crippen LogP contribution in [-0.4, -0.2) is 36.1 Å². The molecule has 0 spiro atoms. The molecule has 22 heavy (non-hydrogen) atoms. The summed E-state index contributed by atoms with van der Waals surface area (Å²) in [4.78, 5) is 11.9. The van der Waals surface area contributed by atoms with Crippen LogP contribution in [0.25, 0.3) is 11.4 Å². The smallest absolute Gasteiger partial charge is 0.159 e. The predicted octanol–water partition coefficient (Wildman–Crippen LogP) is 2.99.